The van der Waals surface area contributed by atoms with Crippen molar-refractivity contribution in [2.45, 2.75) is 69.2 Å². The maximum atomic E-state index is 13.0. The maximum Gasteiger partial charge on any atom is 0.244 e. The normalized spacial score (nSPS) is 27.0. The Hall–Kier alpha value is -1.13. The van der Waals surface area contributed by atoms with Crippen molar-refractivity contribution in [2.75, 3.05) is 6.61 Å². The average Bonchev–Trinajstić information content (AvgIpc) is 3.11. The van der Waals surface area contributed by atoms with E-state index in [2.05, 4.69) is 39.8 Å². The molecule has 0 aliphatic carbocycles. The molecule has 1 heterocycles. The summed E-state index contributed by atoms with van der Waals surface area (Å²) < 4.78 is 33.6. The Morgan fingerprint density at radius 3 is 2.24 bits per heavy atom. The third kappa shape index (κ3) is 3.56. The number of aryl methyl sites for hydroxylation is 1. The van der Waals surface area contributed by atoms with Crippen LogP contribution in [-0.4, -0.2) is 39.2 Å². The van der Waals surface area contributed by atoms with Crippen LogP contribution in [0.4, 0.5) is 0 Å². The number of benzene rings is 1. The molecule has 6 heteroatoms. The van der Waals surface area contributed by atoms with Crippen LogP contribution >= 0.6 is 0 Å². The Morgan fingerprint density at radius 1 is 1.28 bits per heavy atom. The number of nitrogens with zero attached hydrogens (tertiary/aromatic N) is 1. The topological polar surface area (TPSA) is 46.4 Å². The van der Waals surface area contributed by atoms with Crippen LogP contribution in [0.3, 0.4) is 0 Å². The van der Waals surface area contributed by atoms with E-state index in [1.807, 2.05) is 6.92 Å². The van der Waals surface area contributed by atoms with E-state index in [0.29, 0.717) is 6.61 Å². The zero-order chi connectivity index (χ0) is 19.3. The fourth-order valence-corrected chi connectivity index (χ4v) is 5.50. The average molecular weight is 380 g/mol. The molecule has 0 saturated carbocycles. The van der Waals surface area contributed by atoms with Crippen LogP contribution in [0.2, 0.25) is 18.1 Å². The Morgan fingerprint density at radius 2 is 1.80 bits per heavy atom. The summed E-state index contributed by atoms with van der Waals surface area (Å²) in [5.41, 5.74) is 0.189. The molecule has 1 saturated heterocycles. The van der Waals surface area contributed by atoms with Crippen LogP contribution in [0.15, 0.2) is 29.2 Å². The molecule has 0 aromatic heterocycles. The van der Waals surface area contributed by atoms with E-state index in [0.717, 1.165) is 5.56 Å². The molecule has 1 aromatic carbocycles. The van der Waals surface area contributed by atoms with Crippen molar-refractivity contribution in [3.05, 3.63) is 29.8 Å². The molecule has 1 aliphatic rings. The summed E-state index contributed by atoms with van der Waals surface area (Å²) in [6, 6.07) is 6.53. The van der Waals surface area contributed by atoms with E-state index in [1.54, 1.807) is 31.2 Å². The number of terminal acetylenes is 1. The fraction of sp³-hybridized carbons (Fsp3) is 0.579. The van der Waals surface area contributed by atoms with Crippen LogP contribution in [0.5, 0.6) is 0 Å². The Labute approximate surface area is 153 Å². The minimum absolute atomic E-state index is 0.0646. The van der Waals surface area contributed by atoms with Crippen molar-refractivity contribution >= 4 is 18.3 Å². The van der Waals surface area contributed by atoms with Gasteiger partial charge in [-0.15, -0.1) is 6.42 Å². The van der Waals surface area contributed by atoms with E-state index in [9.17, 15) is 8.42 Å². The van der Waals surface area contributed by atoms with Gasteiger partial charge in [0.1, 0.15) is 5.54 Å². The molecule has 0 bridgehead atoms. The summed E-state index contributed by atoms with van der Waals surface area (Å²) in [7, 11) is -5.60. The first-order valence-electron chi connectivity index (χ1n) is 8.50. The van der Waals surface area contributed by atoms with E-state index in [1.165, 1.54) is 4.31 Å². The van der Waals surface area contributed by atoms with E-state index >= 15 is 0 Å². The van der Waals surface area contributed by atoms with Gasteiger partial charge in [0.05, 0.1) is 17.5 Å². The van der Waals surface area contributed by atoms with Gasteiger partial charge in [0.2, 0.25) is 10.0 Å². The molecule has 0 amide bonds. The standard InChI is InChI=1S/C19H29NO3SSi/c1-9-19(6)17(14-23-25(7,8)18(3,4)5)20(19)24(21,22)16-12-10-15(2)11-13-16/h1,10-13,17H,14H2,2-8H3/t17-,19-,20?/m1/s1. The summed E-state index contributed by atoms with van der Waals surface area (Å²) in [5, 5.41) is 0.0646. The lowest BCUT2D eigenvalue weighted by atomic mass is 10.1. The smallest absolute Gasteiger partial charge is 0.244 e. The number of rotatable bonds is 5. The van der Waals surface area contributed by atoms with Gasteiger partial charge in [-0.1, -0.05) is 44.4 Å². The van der Waals surface area contributed by atoms with Gasteiger partial charge in [-0.3, -0.25) is 0 Å². The zero-order valence-electron chi connectivity index (χ0n) is 16.3. The minimum Gasteiger partial charge on any atom is -0.415 e. The molecule has 1 aliphatic heterocycles. The predicted molar refractivity (Wildman–Crippen MR) is 104 cm³/mol. The SMILES string of the molecule is C#C[C@]1(C)[C@@H](CO[Si](C)(C)C(C)(C)C)N1S(=O)(=O)c1ccc(C)cc1. The number of hydrogen-bond donors (Lipinski definition) is 0. The molecule has 0 N–H and O–H groups in total. The van der Waals surface area contributed by atoms with Crippen molar-refractivity contribution in [3.8, 4) is 12.3 Å². The van der Waals surface area contributed by atoms with Gasteiger partial charge in [0.15, 0.2) is 8.32 Å². The van der Waals surface area contributed by atoms with E-state index in [4.69, 9.17) is 10.8 Å². The second-order valence-corrected chi connectivity index (χ2v) is 15.1. The molecule has 1 fully saturated rings. The summed E-state index contributed by atoms with van der Waals surface area (Å²) >= 11 is 0. The first-order chi connectivity index (χ1) is 11.3. The highest BCUT2D eigenvalue weighted by Crippen LogP contribution is 2.47. The first-order valence-corrected chi connectivity index (χ1v) is 12.8. The number of sulfonamides is 1. The van der Waals surface area contributed by atoms with E-state index < -0.39 is 23.9 Å². The number of hydrogen-bond acceptors (Lipinski definition) is 3. The zero-order valence-corrected chi connectivity index (χ0v) is 18.1. The van der Waals surface area contributed by atoms with Gasteiger partial charge in [0, 0.05) is 0 Å². The van der Waals surface area contributed by atoms with Crippen LogP contribution in [0.1, 0.15) is 33.3 Å². The lowest BCUT2D eigenvalue weighted by Crippen LogP contribution is -2.42. The Balaban J connectivity index is 2.24. The van der Waals surface area contributed by atoms with Crippen molar-refractivity contribution in [1.82, 2.24) is 4.31 Å². The first kappa shape index (κ1) is 20.2. The third-order valence-electron chi connectivity index (χ3n) is 5.60. The lowest BCUT2D eigenvalue weighted by Gasteiger charge is -2.36. The molecule has 25 heavy (non-hydrogen) atoms. The van der Waals surface area contributed by atoms with Gasteiger partial charge in [-0.25, -0.2) is 8.42 Å². The monoisotopic (exact) mass is 379 g/mol. The predicted octanol–water partition coefficient (Wildman–Crippen LogP) is 3.78. The summed E-state index contributed by atoms with van der Waals surface area (Å²) in [6.45, 7) is 14.8. The van der Waals surface area contributed by atoms with Gasteiger partial charge < -0.3 is 4.43 Å². The summed E-state index contributed by atoms with van der Waals surface area (Å²) in [6.07, 6.45) is 5.67. The highest BCUT2D eigenvalue weighted by molar-refractivity contribution is 7.89. The molecule has 2 rings (SSSR count). The van der Waals surface area contributed by atoms with Gasteiger partial charge >= 0.3 is 0 Å². The third-order valence-corrected chi connectivity index (χ3v) is 12.1. The molecule has 1 unspecified atom stereocenters. The van der Waals surface area contributed by atoms with Crippen molar-refractivity contribution in [3.63, 3.8) is 0 Å². The molecule has 0 spiro atoms. The van der Waals surface area contributed by atoms with Gasteiger partial charge in [-0.2, -0.15) is 4.31 Å². The quantitative estimate of drug-likeness (QED) is 0.444. The summed E-state index contributed by atoms with van der Waals surface area (Å²) in [5.74, 6) is 2.66. The molecular weight excluding hydrogens is 350 g/mol. The molecule has 138 valence electrons. The van der Waals surface area contributed by atoms with Crippen molar-refractivity contribution in [2.24, 2.45) is 0 Å². The molecule has 4 nitrogen and oxygen atoms in total. The minimum atomic E-state index is -3.63. The van der Waals surface area contributed by atoms with Crippen molar-refractivity contribution < 1.29 is 12.8 Å². The van der Waals surface area contributed by atoms with Crippen molar-refractivity contribution in [1.29, 1.82) is 0 Å². The van der Waals surface area contributed by atoms with Crippen LogP contribution in [0.25, 0.3) is 0 Å². The Kier molecular flexibility index (Phi) is 5.04. The second-order valence-electron chi connectivity index (χ2n) is 8.49. The summed E-state index contributed by atoms with van der Waals surface area (Å²) in [4.78, 5) is 0.273. The Bertz CT molecular complexity index is 787. The fourth-order valence-electron chi connectivity index (χ4n) is 2.56. The van der Waals surface area contributed by atoms with E-state index in [-0.39, 0.29) is 16.0 Å². The molecule has 3 atom stereocenters. The van der Waals surface area contributed by atoms with Gasteiger partial charge in [-0.05, 0) is 44.1 Å². The van der Waals surface area contributed by atoms with Crippen LogP contribution < -0.4 is 0 Å². The highest BCUT2D eigenvalue weighted by Gasteiger charge is 2.65. The molecule has 1 aromatic rings. The van der Waals surface area contributed by atoms with Gasteiger partial charge in [0.25, 0.3) is 0 Å². The highest BCUT2D eigenvalue weighted by atomic mass is 32.2. The molecular formula is C19H29NO3SSi. The van der Waals surface area contributed by atoms with Crippen LogP contribution in [0, 0.1) is 19.3 Å². The largest absolute Gasteiger partial charge is 0.415 e. The second kappa shape index (κ2) is 6.24. The molecule has 0 radical (unpaired) electrons. The lowest BCUT2D eigenvalue weighted by molar-refractivity contribution is 0.280. The van der Waals surface area contributed by atoms with Crippen LogP contribution in [-0.2, 0) is 14.4 Å². The maximum absolute atomic E-state index is 13.0.